The Labute approximate surface area is 279 Å². The molecule has 2 aliphatic rings. The number of aliphatic carboxylic acids is 2. The summed E-state index contributed by atoms with van der Waals surface area (Å²) in [6.07, 6.45) is 0. The van der Waals surface area contributed by atoms with Crippen molar-refractivity contribution in [2.24, 2.45) is 5.16 Å². The zero-order valence-corrected chi connectivity index (χ0v) is 26.5. The molecule has 18 nitrogen and oxygen atoms in total. The standard InChI is InChI=1S/C25H19ClN10O8S3/c26-11-1-3-12(4-2-11)44-32-16(19-29-24(27)47-33-19)20(39)28-17-21(40)35-18(23(41)42)10(9-46-22(17)35)8-45-14-6-5-13-30-34(7-15(37)38)25(43)36(13)31-14/h1-6,17,22H,7-9H2,(H,28,39)(H,37,38)(H,41,42)(H2,27,29,33)/t17?,22-/m1/s1. The number of hydrogen-bond acceptors (Lipinski definition) is 15. The number of oxime groups is 1. The fourth-order valence-electron chi connectivity index (χ4n) is 4.47. The van der Waals surface area contributed by atoms with E-state index in [-0.39, 0.29) is 45.3 Å². The molecule has 0 radical (unpaired) electrons. The first-order chi connectivity index (χ1) is 22.5. The number of thioether (sulfide) groups is 2. The average molecular weight is 719 g/mol. The number of carbonyl (C=O) groups excluding carboxylic acids is 2. The molecule has 6 rings (SSSR count). The van der Waals surface area contributed by atoms with Gasteiger partial charge in [-0.15, -0.1) is 28.6 Å². The molecule has 1 unspecified atom stereocenters. The molecule has 5 N–H and O–H groups in total. The summed E-state index contributed by atoms with van der Waals surface area (Å²) >= 11 is 9.08. The van der Waals surface area contributed by atoms with Gasteiger partial charge >= 0.3 is 17.6 Å². The van der Waals surface area contributed by atoms with Crippen LogP contribution in [0.5, 0.6) is 5.75 Å². The summed E-state index contributed by atoms with van der Waals surface area (Å²) in [4.78, 5) is 72.8. The molecule has 2 atom stereocenters. The molecule has 0 aliphatic carbocycles. The Kier molecular flexibility index (Phi) is 8.86. The van der Waals surface area contributed by atoms with Crippen LogP contribution in [0.2, 0.25) is 5.02 Å². The molecule has 3 aromatic heterocycles. The molecule has 22 heteroatoms. The van der Waals surface area contributed by atoms with Crippen LogP contribution in [0.4, 0.5) is 5.13 Å². The number of aromatic nitrogens is 6. The van der Waals surface area contributed by atoms with Gasteiger partial charge in [0.2, 0.25) is 11.5 Å². The number of nitrogens with two attached hydrogens (primary N) is 1. The van der Waals surface area contributed by atoms with Gasteiger partial charge in [-0.1, -0.05) is 16.8 Å². The maximum Gasteiger partial charge on any atom is 0.367 e. The molecule has 0 spiro atoms. The summed E-state index contributed by atoms with van der Waals surface area (Å²) in [5.41, 5.74) is 4.91. The second-order valence-electron chi connectivity index (χ2n) is 9.62. The Hall–Kier alpha value is -4.99. The number of rotatable bonds is 11. The Morgan fingerprint density at radius 2 is 1.91 bits per heavy atom. The molecule has 242 valence electrons. The minimum absolute atomic E-state index is 0.0674. The minimum atomic E-state index is -1.33. The van der Waals surface area contributed by atoms with Crippen molar-refractivity contribution in [3.8, 4) is 5.75 Å². The molecular weight excluding hydrogens is 700 g/mol. The number of fused-ring (bicyclic) bond motifs is 2. The summed E-state index contributed by atoms with van der Waals surface area (Å²) in [7, 11) is 0. The van der Waals surface area contributed by atoms with E-state index < -0.39 is 47.4 Å². The van der Waals surface area contributed by atoms with Gasteiger partial charge in [-0.3, -0.25) is 19.3 Å². The van der Waals surface area contributed by atoms with Crippen molar-refractivity contribution in [2.45, 2.75) is 23.0 Å². The number of carboxylic acid groups (broad SMARTS) is 2. The van der Waals surface area contributed by atoms with Crippen LogP contribution in [0, 0.1) is 0 Å². The topological polar surface area (TPSA) is 250 Å². The van der Waals surface area contributed by atoms with Crippen molar-refractivity contribution in [3.05, 3.63) is 69.0 Å². The number of anilines is 1. The minimum Gasteiger partial charge on any atom is -0.480 e. The van der Waals surface area contributed by atoms with Crippen LogP contribution >= 0.6 is 46.7 Å². The first-order valence-corrected chi connectivity index (χ1v) is 16.3. The van der Waals surface area contributed by atoms with E-state index in [4.69, 9.17) is 27.3 Å². The highest BCUT2D eigenvalue weighted by Gasteiger charge is 2.54. The van der Waals surface area contributed by atoms with E-state index in [1.807, 2.05) is 0 Å². The summed E-state index contributed by atoms with van der Waals surface area (Å²) in [6, 6.07) is 8.11. The van der Waals surface area contributed by atoms with Crippen molar-refractivity contribution in [2.75, 3.05) is 17.2 Å². The third-order valence-electron chi connectivity index (χ3n) is 6.56. The maximum atomic E-state index is 13.3. The van der Waals surface area contributed by atoms with Crippen LogP contribution in [-0.2, 0) is 25.7 Å². The molecule has 4 aromatic rings. The highest BCUT2D eigenvalue weighted by atomic mass is 35.5. The lowest BCUT2D eigenvalue weighted by Crippen LogP contribution is -2.71. The van der Waals surface area contributed by atoms with E-state index in [2.05, 4.69) is 30.0 Å². The zero-order valence-electron chi connectivity index (χ0n) is 23.3. The average Bonchev–Trinajstić information content (AvgIpc) is 3.60. The Balaban J connectivity index is 1.17. The lowest BCUT2D eigenvalue weighted by Gasteiger charge is -2.49. The van der Waals surface area contributed by atoms with E-state index in [1.54, 1.807) is 18.2 Å². The highest BCUT2D eigenvalue weighted by molar-refractivity contribution is 8.01. The van der Waals surface area contributed by atoms with Gasteiger partial charge in [-0.25, -0.2) is 9.59 Å². The van der Waals surface area contributed by atoms with Crippen molar-refractivity contribution in [1.29, 1.82) is 0 Å². The van der Waals surface area contributed by atoms with Crippen molar-refractivity contribution in [1.82, 2.24) is 39.0 Å². The maximum absolute atomic E-state index is 13.3. The van der Waals surface area contributed by atoms with Gasteiger partial charge in [0.1, 0.15) is 28.7 Å². The van der Waals surface area contributed by atoms with E-state index in [1.165, 1.54) is 30.0 Å². The van der Waals surface area contributed by atoms with Gasteiger partial charge in [0.05, 0.1) is 0 Å². The predicted molar refractivity (Wildman–Crippen MR) is 168 cm³/mol. The van der Waals surface area contributed by atoms with Gasteiger partial charge in [0, 0.05) is 28.1 Å². The number of halogens is 1. The Bertz CT molecular complexity index is 2060. The van der Waals surface area contributed by atoms with Gasteiger partial charge in [0.15, 0.2) is 16.5 Å². The lowest BCUT2D eigenvalue weighted by molar-refractivity contribution is -0.150. The van der Waals surface area contributed by atoms with Gasteiger partial charge < -0.3 is 26.1 Å². The quantitative estimate of drug-likeness (QED) is 0.0708. The monoisotopic (exact) mass is 718 g/mol. The fourth-order valence-corrected chi connectivity index (χ4v) is 7.37. The van der Waals surface area contributed by atoms with Crippen LogP contribution in [0.15, 0.2) is 62.6 Å². The smallest absolute Gasteiger partial charge is 0.367 e. The number of amides is 2. The van der Waals surface area contributed by atoms with E-state index in [0.717, 1.165) is 37.4 Å². The molecular formula is C25H19ClN10O8S3. The number of hydrogen-bond donors (Lipinski definition) is 4. The third-order valence-corrected chi connectivity index (χ3v) is 9.70. The molecule has 0 saturated carbocycles. The van der Waals surface area contributed by atoms with E-state index in [0.29, 0.717) is 15.6 Å². The number of nitrogen functional groups attached to an aromatic ring is 1. The van der Waals surface area contributed by atoms with Gasteiger partial charge in [-0.05, 0) is 42.0 Å². The Morgan fingerprint density at radius 3 is 2.60 bits per heavy atom. The number of benzene rings is 1. The zero-order chi connectivity index (χ0) is 33.4. The second-order valence-corrected chi connectivity index (χ2v) is 12.9. The van der Waals surface area contributed by atoms with E-state index >= 15 is 0 Å². The summed E-state index contributed by atoms with van der Waals surface area (Å²) < 4.78 is 5.72. The van der Waals surface area contributed by atoms with Gasteiger partial charge in [-0.2, -0.15) is 23.7 Å². The third kappa shape index (κ3) is 6.50. The van der Waals surface area contributed by atoms with Gasteiger partial charge in [0.25, 0.3) is 11.8 Å². The first-order valence-electron chi connectivity index (χ1n) is 13.1. The molecule has 2 amide bonds. The fraction of sp³-hybridized carbons (Fsp3) is 0.200. The van der Waals surface area contributed by atoms with Crippen molar-refractivity contribution in [3.63, 3.8) is 0 Å². The van der Waals surface area contributed by atoms with Crippen LogP contribution in [0.3, 0.4) is 0 Å². The van der Waals surface area contributed by atoms with Crippen LogP contribution in [-0.4, -0.2) is 96.3 Å². The highest BCUT2D eigenvalue weighted by Crippen LogP contribution is 2.41. The van der Waals surface area contributed by atoms with Crippen LogP contribution in [0.1, 0.15) is 5.82 Å². The van der Waals surface area contributed by atoms with Crippen LogP contribution < -0.4 is 21.6 Å². The lowest BCUT2D eigenvalue weighted by atomic mass is 10.0. The number of nitrogens with zero attached hydrogens (tertiary/aromatic N) is 8. The number of β-lactam (4-membered cyclic amide) rings is 1. The summed E-state index contributed by atoms with van der Waals surface area (Å²) in [5.74, 6) is -3.64. The largest absolute Gasteiger partial charge is 0.480 e. The molecule has 1 saturated heterocycles. The number of carbonyl (C=O) groups is 4. The molecule has 47 heavy (non-hydrogen) atoms. The number of nitrogens with one attached hydrogen (secondary N) is 1. The van der Waals surface area contributed by atoms with E-state index in [9.17, 15) is 29.1 Å². The Morgan fingerprint density at radius 1 is 1.15 bits per heavy atom. The molecule has 1 fully saturated rings. The molecule has 1 aromatic carbocycles. The van der Waals surface area contributed by atoms with Crippen molar-refractivity contribution >= 4 is 86.9 Å². The van der Waals surface area contributed by atoms with Crippen LogP contribution in [0.25, 0.3) is 5.65 Å². The van der Waals surface area contributed by atoms with Crippen molar-refractivity contribution < 1.29 is 34.2 Å². The summed E-state index contributed by atoms with van der Waals surface area (Å²) in [6.45, 7) is -0.634. The molecule has 0 bridgehead atoms. The predicted octanol–water partition coefficient (Wildman–Crippen LogP) is 0.377. The second kappa shape index (κ2) is 13.0. The summed E-state index contributed by atoms with van der Waals surface area (Å²) in [5, 5.41) is 33.7. The SMILES string of the molecule is Nc1nc(C(=NOc2ccc(Cl)cc2)C(=O)NC2C(=O)N3C(C(=O)O)=C(CSc4ccc5nn(CC(=O)O)c(=O)n5n4)CS[C@H]23)ns1. The number of carboxylic acids is 2. The molecule has 5 heterocycles. The normalized spacial score (nSPS) is 17.8. The molecule has 2 aliphatic heterocycles. The first kappa shape index (κ1) is 32.0.